The molecule has 1 aromatic heterocycles. The number of nitrogens with zero attached hydrogens (tertiary/aromatic N) is 1. The lowest BCUT2D eigenvalue weighted by Gasteiger charge is -2.30. The van der Waals surface area contributed by atoms with E-state index in [0.717, 1.165) is 37.6 Å². The summed E-state index contributed by atoms with van der Waals surface area (Å²) in [7, 11) is 0. The first-order valence-electron chi connectivity index (χ1n) is 5.52. The van der Waals surface area contributed by atoms with Crippen molar-refractivity contribution in [2.75, 3.05) is 13.1 Å². The number of carbonyl (C=O) groups excluding carboxylic acids is 1. The first kappa shape index (κ1) is 10.3. The molecule has 1 aliphatic rings. The summed E-state index contributed by atoms with van der Waals surface area (Å²) in [5.41, 5.74) is 0.713. The average molecular weight is 207 g/mol. The van der Waals surface area contributed by atoms with Crippen LogP contribution < -0.4 is 0 Å². The van der Waals surface area contributed by atoms with Crippen LogP contribution >= 0.6 is 0 Å². The molecular formula is C12H17NO2. The summed E-state index contributed by atoms with van der Waals surface area (Å²) in [5.74, 6) is 1.59. The highest BCUT2D eigenvalue weighted by molar-refractivity contribution is 5.95. The van der Waals surface area contributed by atoms with Gasteiger partial charge in [-0.2, -0.15) is 0 Å². The standard InChI is InChI=1S/C12H17NO2/c1-9-3-6-13(7-4-9)12(14)11-5-8-15-10(11)2/h5,8-9H,3-4,6-7H2,1-2H3. The lowest BCUT2D eigenvalue weighted by molar-refractivity contribution is 0.0695. The van der Waals surface area contributed by atoms with E-state index in [2.05, 4.69) is 6.92 Å². The SMILES string of the molecule is Cc1occc1C(=O)N1CCC(C)CC1. The number of likely N-dealkylation sites (tertiary alicyclic amines) is 1. The van der Waals surface area contributed by atoms with Crippen molar-refractivity contribution in [3.8, 4) is 0 Å². The molecule has 3 nitrogen and oxygen atoms in total. The summed E-state index contributed by atoms with van der Waals surface area (Å²) in [6.07, 6.45) is 3.81. The van der Waals surface area contributed by atoms with Gasteiger partial charge in [0, 0.05) is 13.1 Å². The van der Waals surface area contributed by atoms with E-state index in [1.807, 2.05) is 11.8 Å². The fourth-order valence-corrected chi connectivity index (χ4v) is 1.99. The number of piperidine rings is 1. The molecule has 0 aliphatic carbocycles. The smallest absolute Gasteiger partial charge is 0.257 e. The third-order valence-electron chi connectivity index (χ3n) is 3.16. The molecule has 0 bridgehead atoms. The van der Waals surface area contributed by atoms with Crippen molar-refractivity contribution >= 4 is 5.91 Å². The van der Waals surface area contributed by atoms with Crippen LogP contribution in [0, 0.1) is 12.8 Å². The molecule has 0 N–H and O–H groups in total. The van der Waals surface area contributed by atoms with Crippen molar-refractivity contribution in [3.05, 3.63) is 23.7 Å². The van der Waals surface area contributed by atoms with Crippen LogP contribution in [0.15, 0.2) is 16.7 Å². The van der Waals surface area contributed by atoms with Crippen molar-refractivity contribution in [1.29, 1.82) is 0 Å². The van der Waals surface area contributed by atoms with Gasteiger partial charge in [0.1, 0.15) is 5.76 Å². The van der Waals surface area contributed by atoms with E-state index in [0.29, 0.717) is 5.56 Å². The molecule has 1 aliphatic heterocycles. The van der Waals surface area contributed by atoms with Crippen molar-refractivity contribution in [3.63, 3.8) is 0 Å². The van der Waals surface area contributed by atoms with E-state index < -0.39 is 0 Å². The number of carbonyl (C=O) groups is 1. The Morgan fingerprint density at radius 2 is 2.13 bits per heavy atom. The first-order valence-corrected chi connectivity index (χ1v) is 5.52. The fraction of sp³-hybridized carbons (Fsp3) is 0.583. The summed E-state index contributed by atoms with van der Waals surface area (Å²) in [4.78, 5) is 14.0. The molecule has 1 aromatic rings. The second kappa shape index (κ2) is 4.09. The second-order valence-electron chi connectivity index (χ2n) is 4.37. The van der Waals surface area contributed by atoms with E-state index in [1.54, 1.807) is 12.3 Å². The van der Waals surface area contributed by atoms with Gasteiger partial charge in [-0.25, -0.2) is 0 Å². The van der Waals surface area contributed by atoms with E-state index in [4.69, 9.17) is 4.42 Å². The van der Waals surface area contributed by atoms with Gasteiger partial charge in [0.15, 0.2) is 0 Å². The Hall–Kier alpha value is -1.25. The van der Waals surface area contributed by atoms with E-state index in [-0.39, 0.29) is 5.91 Å². The minimum Gasteiger partial charge on any atom is -0.469 e. The zero-order chi connectivity index (χ0) is 10.8. The summed E-state index contributed by atoms with van der Waals surface area (Å²) in [6, 6.07) is 1.76. The van der Waals surface area contributed by atoms with Crippen molar-refractivity contribution in [1.82, 2.24) is 4.90 Å². The Bertz CT molecular complexity index is 348. The maximum absolute atomic E-state index is 12.1. The number of aryl methyl sites for hydroxylation is 1. The molecule has 0 unspecified atom stereocenters. The maximum Gasteiger partial charge on any atom is 0.257 e. The second-order valence-corrected chi connectivity index (χ2v) is 4.37. The van der Waals surface area contributed by atoms with Crippen LogP contribution in [0.3, 0.4) is 0 Å². The number of hydrogen-bond acceptors (Lipinski definition) is 2. The Morgan fingerprint density at radius 1 is 1.47 bits per heavy atom. The Morgan fingerprint density at radius 3 is 2.67 bits per heavy atom. The van der Waals surface area contributed by atoms with Gasteiger partial charge in [0.05, 0.1) is 11.8 Å². The van der Waals surface area contributed by atoms with Crippen LogP contribution in [0.1, 0.15) is 35.9 Å². The van der Waals surface area contributed by atoms with Crippen molar-refractivity contribution in [2.24, 2.45) is 5.92 Å². The lowest BCUT2D eigenvalue weighted by atomic mass is 9.99. The predicted molar refractivity (Wildman–Crippen MR) is 57.7 cm³/mol. The van der Waals surface area contributed by atoms with Gasteiger partial charge in [-0.15, -0.1) is 0 Å². The van der Waals surface area contributed by atoms with Crippen LogP contribution in [-0.4, -0.2) is 23.9 Å². The van der Waals surface area contributed by atoms with E-state index in [9.17, 15) is 4.79 Å². The third-order valence-corrected chi connectivity index (χ3v) is 3.16. The minimum absolute atomic E-state index is 0.119. The molecule has 1 saturated heterocycles. The average Bonchev–Trinajstić information content (AvgIpc) is 2.65. The van der Waals surface area contributed by atoms with Crippen molar-refractivity contribution in [2.45, 2.75) is 26.7 Å². The molecule has 82 valence electrons. The van der Waals surface area contributed by atoms with Gasteiger partial charge in [0.2, 0.25) is 0 Å². The number of furan rings is 1. The molecule has 0 radical (unpaired) electrons. The van der Waals surface area contributed by atoms with Gasteiger partial charge in [-0.1, -0.05) is 6.92 Å². The highest BCUT2D eigenvalue weighted by Crippen LogP contribution is 2.19. The number of hydrogen-bond donors (Lipinski definition) is 0. The monoisotopic (exact) mass is 207 g/mol. The molecule has 1 fully saturated rings. The van der Waals surface area contributed by atoms with Crippen LogP contribution in [0.2, 0.25) is 0 Å². The van der Waals surface area contributed by atoms with E-state index >= 15 is 0 Å². The summed E-state index contributed by atoms with van der Waals surface area (Å²) in [6.45, 7) is 5.83. The van der Waals surface area contributed by atoms with Gasteiger partial charge in [0.25, 0.3) is 5.91 Å². The number of rotatable bonds is 1. The maximum atomic E-state index is 12.1. The summed E-state index contributed by atoms with van der Waals surface area (Å²) < 4.78 is 5.15. The van der Waals surface area contributed by atoms with Crippen LogP contribution in [-0.2, 0) is 0 Å². The zero-order valence-corrected chi connectivity index (χ0v) is 9.32. The highest BCUT2D eigenvalue weighted by Gasteiger charge is 2.23. The third kappa shape index (κ3) is 2.06. The first-order chi connectivity index (χ1) is 7.18. The zero-order valence-electron chi connectivity index (χ0n) is 9.32. The normalized spacial score (nSPS) is 18.1. The van der Waals surface area contributed by atoms with Crippen LogP contribution in [0.4, 0.5) is 0 Å². The van der Waals surface area contributed by atoms with Crippen molar-refractivity contribution < 1.29 is 9.21 Å². The highest BCUT2D eigenvalue weighted by atomic mass is 16.3. The largest absolute Gasteiger partial charge is 0.469 e. The van der Waals surface area contributed by atoms with Crippen LogP contribution in [0.5, 0.6) is 0 Å². The molecule has 3 heteroatoms. The molecule has 0 spiro atoms. The Balaban J connectivity index is 2.06. The van der Waals surface area contributed by atoms with Gasteiger partial charge in [-0.05, 0) is 31.7 Å². The van der Waals surface area contributed by atoms with E-state index in [1.165, 1.54) is 0 Å². The molecule has 2 rings (SSSR count). The molecule has 0 aromatic carbocycles. The van der Waals surface area contributed by atoms with Gasteiger partial charge < -0.3 is 9.32 Å². The number of amides is 1. The van der Waals surface area contributed by atoms with Crippen LogP contribution in [0.25, 0.3) is 0 Å². The fourth-order valence-electron chi connectivity index (χ4n) is 1.99. The molecule has 0 atom stereocenters. The Kier molecular flexibility index (Phi) is 2.80. The van der Waals surface area contributed by atoms with Gasteiger partial charge >= 0.3 is 0 Å². The quantitative estimate of drug-likeness (QED) is 0.708. The Labute approximate surface area is 90.1 Å². The minimum atomic E-state index is 0.119. The molecule has 2 heterocycles. The molecule has 0 saturated carbocycles. The molecule has 15 heavy (non-hydrogen) atoms. The summed E-state index contributed by atoms with van der Waals surface area (Å²) >= 11 is 0. The lowest BCUT2D eigenvalue weighted by Crippen LogP contribution is -2.37. The predicted octanol–water partition coefficient (Wildman–Crippen LogP) is 2.46. The molecular weight excluding hydrogens is 190 g/mol. The van der Waals surface area contributed by atoms with Gasteiger partial charge in [-0.3, -0.25) is 4.79 Å². The molecule has 1 amide bonds. The summed E-state index contributed by atoms with van der Waals surface area (Å²) in [5, 5.41) is 0. The topological polar surface area (TPSA) is 33.5 Å².